The fraction of sp³-hybridized carbons (Fsp3) is 0.333. The Balaban J connectivity index is 2.45. The van der Waals surface area contributed by atoms with Crippen LogP contribution in [0.5, 0.6) is 5.75 Å². The molecule has 1 fully saturated rings. The standard InChI is InChI=1S/C9H9FO/c10-8-3-1-2-7(9(8)11)6-4-5-6/h1-3,6,11H,4-5H2. The molecule has 1 saturated carbocycles. The molecule has 0 aliphatic heterocycles. The van der Waals surface area contributed by atoms with Crippen LogP contribution in [-0.2, 0) is 0 Å². The molecule has 1 aliphatic rings. The van der Waals surface area contributed by atoms with E-state index in [4.69, 9.17) is 0 Å². The van der Waals surface area contributed by atoms with Gasteiger partial charge in [0, 0.05) is 5.56 Å². The Morgan fingerprint density at radius 3 is 2.73 bits per heavy atom. The fourth-order valence-corrected chi connectivity index (χ4v) is 1.26. The molecule has 0 aromatic heterocycles. The van der Waals surface area contributed by atoms with E-state index in [1.54, 1.807) is 12.1 Å². The van der Waals surface area contributed by atoms with Crippen LogP contribution in [0, 0.1) is 5.82 Å². The van der Waals surface area contributed by atoms with Gasteiger partial charge < -0.3 is 5.11 Å². The van der Waals surface area contributed by atoms with Crippen LogP contribution in [-0.4, -0.2) is 5.11 Å². The molecular weight excluding hydrogens is 143 g/mol. The van der Waals surface area contributed by atoms with Crippen molar-refractivity contribution in [2.45, 2.75) is 18.8 Å². The summed E-state index contributed by atoms with van der Waals surface area (Å²) in [6.07, 6.45) is 2.16. The Labute approximate surface area is 64.5 Å². The largest absolute Gasteiger partial charge is 0.505 e. The molecule has 0 atom stereocenters. The van der Waals surface area contributed by atoms with Gasteiger partial charge in [-0.25, -0.2) is 4.39 Å². The molecule has 2 rings (SSSR count). The van der Waals surface area contributed by atoms with Gasteiger partial charge in [0.05, 0.1) is 0 Å². The van der Waals surface area contributed by atoms with Crippen molar-refractivity contribution in [1.82, 2.24) is 0 Å². The summed E-state index contributed by atoms with van der Waals surface area (Å²) in [5, 5.41) is 9.23. The summed E-state index contributed by atoms with van der Waals surface area (Å²) in [4.78, 5) is 0. The number of phenols is 1. The normalized spacial score (nSPS) is 16.8. The molecule has 0 radical (unpaired) electrons. The summed E-state index contributed by atoms with van der Waals surface area (Å²) in [5.41, 5.74) is 0.769. The summed E-state index contributed by atoms with van der Waals surface area (Å²) in [6, 6.07) is 4.71. The van der Waals surface area contributed by atoms with Gasteiger partial charge in [-0.2, -0.15) is 0 Å². The van der Waals surface area contributed by atoms with Crippen LogP contribution < -0.4 is 0 Å². The quantitative estimate of drug-likeness (QED) is 0.655. The predicted molar refractivity (Wildman–Crippen MR) is 40.0 cm³/mol. The number of hydrogen-bond donors (Lipinski definition) is 1. The van der Waals surface area contributed by atoms with Crippen LogP contribution in [0.15, 0.2) is 18.2 Å². The SMILES string of the molecule is Oc1c(F)cccc1C1CC1. The molecule has 58 valence electrons. The van der Waals surface area contributed by atoms with E-state index in [0.29, 0.717) is 5.92 Å². The van der Waals surface area contributed by atoms with Crippen molar-refractivity contribution in [3.05, 3.63) is 29.6 Å². The summed E-state index contributed by atoms with van der Waals surface area (Å²) in [6.45, 7) is 0. The maximum absolute atomic E-state index is 12.7. The van der Waals surface area contributed by atoms with Gasteiger partial charge in [0.2, 0.25) is 0 Å². The maximum Gasteiger partial charge on any atom is 0.165 e. The number of rotatable bonds is 1. The van der Waals surface area contributed by atoms with Gasteiger partial charge in [-0.15, -0.1) is 0 Å². The molecule has 0 spiro atoms. The Hall–Kier alpha value is -1.05. The van der Waals surface area contributed by atoms with Crippen LogP contribution in [0.2, 0.25) is 0 Å². The second-order valence-corrected chi connectivity index (χ2v) is 2.95. The number of benzene rings is 1. The highest BCUT2D eigenvalue weighted by Crippen LogP contribution is 2.44. The summed E-state index contributed by atoms with van der Waals surface area (Å²) >= 11 is 0. The molecule has 0 saturated heterocycles. The Morgan fingerprint density at radius 2 is 2.09 bits per heavy atom. The van der Waals surface area contributed by atoms with Crippen molar-refractivity contribution in [2.24, 2.45) is 0 Å². The van der Waals surface area contributed by atoms with E-state index in [9.17, 15) is 9.50 Å². The zero-order valence-electron chi connectivity index (χ0n) is 6.05. The monoisotopic (exact) mass is 152 g/mol. The lowest BCUT2D eigenvalue weighted by molar-refractivity contribution is 0.426. The molecule has 2 heteroatoms. The van der Waals surface area contributed by atoms with Crippen LogP contribution in [0.4, 0.5) is 4.39 Å². The van der Waals surface area contributed by atoms with Crippen molar-refractivity contribution in [3.63, 3.8) is 0 Å². The molecular formula is C9H9FO. The third-order valence-corrected chi connectivity index (χ3v) is 2.04. The zero-order valence-corrected chi connectivity index (χ0v) is 6.05. The predicted octanol–water partition coefficient (Wildman–Crippen LogP) is 2.41. The number of phenolic OH excluding ortho intramolecular Hbond substituents is 1. The molecule has 1 N–H and O–H groups in total. The molecule has 0 amide bonds. The first kappa shape index (κ1) is 6.65. The van der Waals surface area contributed by atoms with E-state index >= 15 is 0 Å². The number of para-hydroxylation sites is 1. The van der Waals surface area contributed by atoms with Gasteiger partial charge in [-0.05, 0) is 24.8 Å². The highest BCUT2D eigenvalue weighted by Gasteiger charge is 2.26. The van der Waals surface area contributed by atoms with Crippen LogP contribution in [0.3, 0.4) is 0 Å². The van der Waals surface area contributed by atoms with Crippen molar-refractivity contribution >= 4 is 0 Å². The van der Waals surface area contributed by atoms with E-state index < -0.39 is 5.82 Å². The molecule has 1 nitrogen and oxygen atoms in total. The lowest BCUT2D eigenvalue weighted by Crippen LogP contribution is -1.83. The van der Waals surface area contributed by atoms with E-state index in [0.717, 1.165) is 18.4 Å². The molecule has 0 unspecified atom stereocenters. The Kier molecular flexibility index (Phi) is 1.34. The molecule has 11 heavy (non-hydrogen) atoms. The Bertz CT molecular complexity index is 279. The number of hydrogen-bond acceptors (Lipinski definition) is 1. The van der Waals surface area contributed by atoms with Gasteiger partial charge in [0.1, 0.15) is 0 Å². The average Bonchev–Trinajstić information content (AvgIpc) is 2.77. The maximum atomic E-state index is 12.7. The molecule has 1 aliphatic carbocycles. The topological polar surface area (TPSA) is 20.2 Å². The van der Waals surface area contributed by atoms with Crippen molar-refractivity contribution in [2.75, 3.05) is 0 Å². The summed E-state index contributed by atoms with van der Waals surface area (Å²) < 4.78 is 12.7. The van der Waals surface area contributed by atoms with Gasteiger partial charge in [-0.1, -0.05) is 12.1 Å². The number of halogens is 1. The van der Waals surface area contributed by atoms with Crippen LogP contribution in [0.25, 0.3) is 0 Å². The molecule has 1 aromatic carbocycles. The van der Waals surface area contributed by atoms with Gasteiger partial charge >= 0.3 is 0 Å². The second kappa shape index (κ2) is 2.22. The van der Waals surface area contributed by atoms with Crippen LogP contribution >= 0.6 is 0 Å². The van der Waals surface area contributed by atoms with Gasteiger partial charge in [-0.3, -0.25) is 0 Å². The summed E-state index contributed by atoms with van der Waals surface area (Å²) in [7, 11) is 0. The minimum atomic E-state index is -0.505. The van der Waals surface area contributed by atoms with Crippen molar-refractivity contribution < 1.29 is 9.50 Å². The first-order valence-electron chi connectivity index (χ1n) is 3.76. The van der Waals surface area contributed by atoms with Gasteiger partial charge in [0.25, 0.3) is 0 Å². The van der Waals surface area contributed by atoms with Crippen molar-refractivity contribution in [1.29, 1.82) is 0 Å². The lowest BCUT2D eigenvalue weighted by atomic mass is 10.1. The lowest BCUT2D eigenvalue weighted by Gasteiger charge is -2.01. The van der Waals surface area contributed by atoms with E-state index in [2.05, 4.69) is 0 Å². The van der Waals surface area contributed by atoms with E-state index in [1.807, 2.05) is 0 Å². The van der Waals surface area contributed by atoms with E-state index in [1.165, 1.54) is 6.07 Å². The summed E-state index contributed by atoms with van der Waals surface area (Å²) in [5.74, 6) is -0.255. The van der Waals surface area contributed by atoms with Crippen LogP contribution in [0.1, 0.15) is 24.3 Å². The third-order valence-electron chi connectivity index (χ3n) is 2.04. The first-order chi connectivity index (χ1) is 5.29. The highest BCUT2D eigenvalue weighted by molar-refractivity contribution is 5.38. The number of aromatic hydroxyl groups is 1. The van der Waals surface area contributed by atoms with E-state index in [-0.39, 0.29) is 5.75 Å². The zero-order chi connectivity index (χ0) is 7.84. The minimum absolute atomic E-state index is 0.157. The average molecular weight is 152 g/mol. The third kappa shape index (κ3) is 1.09. The minimum Gasteiger partial charge on any atom is -0.505 e. The Morgan fingerprint density at radius 1 is 1.36 bits per heavy atom. The molecule has 0 bridgehead atoms. The van der Waals surface area contributed by atoms with Crippen molar-refractivity contribution in [3.8, 4) is 5.75 Å². The molecule has 0 heterocycles. The molecule has 1 aromatic rings. The smallest absolute Gasteiger partial charge is 0.165 e. The first-order valence-corrected chi connectivity index (χ1v) is 3.76. The fourth-order valence-electron chi connectivity index (χ4n) is 1.26. The highest BCUT2D eigenvalue weighted by atomic mass is 19.1. The van der Waals surface area contributed by atoms with Gasteiger partial charge in [0.15, 0.2) is 11.6 Å². The second-order valence-electron chi connectivity index (χ2n) is 2.95.